The Hall–Kier alpha value is -3.41. The fraction of sp³-hybridized carbons (Fsp3) is 0.217. The quantitative estimate of drug-likeness (QED) is 0.421. The first-order valence-corrected chi connectivity index (χ1v) is 12.0. The standard InChI is InChI=1S/C23H22F2N4O4S/c24-18-5-1-16(2-6-18)23(17-3-7-19(25)8-4-17)28-13-11-27(12-14-28)21-10-9-20(29(30)31)15-22(21)34(26,32)33/h1-10,15,23H,11-14H2,(H2,26,32,33). The maximum atomic E-state index is 13.5. The number of nitrogens with zero attached hydrogens (tertiary/aromatic N) is 3. The minimum Gasteiger partial charge on any atom is -0.368 e. The van der Waals surface area contributed by atoms with Gasteiger partial charge in [-0.1, -0.05) is 24.3 Å². The van der Waals surface area contributed by atoms with Crippen molar-refractivity contribution in [2.45, 2.75) is 10.9 Å². The molecule has 178 valence electrons. The minimum atomic E-state index is -4.19. The van der Waals surface area contributed by atoms with Gasteiger partial charge in [0.2, 0.25) is 10.0 Å². The summed E-state index contributed by atoms with van der Waals surface area (Å²) < 4.78 is 51.3. The molecule has 0 radical (unpaired) electrons. The summed E-state index contributed by atoms with van der Waals surface area (Å²) in [5, 5.41) is 16.4. The van der Waals surface area contributed by atoms with E-state index in [0.717, 1.165) is 17.2 Å². The fourth-order valence-corrected chi connectivity index (χ4v) is 5.00. The first-order valence-electron chi connectivity index (χ1n) is 10.4. The van der Waals surface area contributed by atoms with E-state index in [2.05, 4.69) is 4.90 Å². The normalized spacial score (nSPS) is 15.0. The van der Waals surface area contributed by atoms with Crippen molar-refractivity contribution in [3.05, 3.63) is 99.6 Å². The van der Waals surface area contributed by atoms with Gasteiger partial charge in [0.05, 0.1) is 16.7 Å². The van der Waals surface area contributed by atoms with Crippen LogP contribution in [-0.2, 0) is 10.0 Å². The van der Waals surface area contributed by atoms with E-state index in [1.54, 1.807) is 24.3 Å². The van der Waals surface area contributed by atoms with Gasteiger partial charge in [-0.3, -0.25) is 15.0 Å². The number of rotatable bonds is 6. The Morgan fingerprint density at radius 1 is 0.853 bits per heavy atom. The van der Waals surface area contributed by atoms with Gasteiger partial charge < -0.3 is 4.90 Å². The van der Waals surface area contributed by atoms with Gasteiger partial charge >= 0.3 is 0 Å². The van der Waals surface area contributed by atoms with Crippen molar-refractivity contribution >= 4 is 21.4 Å². The predicted molar refractivity (Wildman–Crippen MR) is 123 cm³/mol. The lowest BCUT2D eigenvalue weighted by Gasteiger charge is -2.41. The van der Waals surface area contributed by atoms with E-state index in [1.165, 1.54) is 36.4 Å². The molecule has 1 aliphatic heterocycles. The molecule has 0 unspecified atom stereocenters. The number of benzene rings is 3. The maximum Gasteiger partial charge on any atom is 0.270 e. The van der Waals surface area contributed by atoms with Crippen LogP contribution in [0.3, 0.4) is 0 Å². The van der Waals surface area contributed by atoms with Crippen molar-refractivity contribution in [2.24, 2.45) is 5.14 Å². The number of halogens is 2. The second-order valence-corrected chi connectivity index (χ2v) is 9.51. The number of piperazine rings is 1. The molecule has 0 spiro atoms. The summed E-state index contributed by atoms with van der Waals surface area (Å²) >= 11 is 0. The van der Waals surface area contributed by atoms with Gasteiger partial charge in [0, 0.05) is 38.3 Å². The van der Waals surface area contributed by atoms with Gasteiger partial charge in [0.25, 0.3) is 5.69 Å². The number of anilines is 1. The van der Waals surface area contributed by atoms with E-state index in [-0.39, 0.29) is 28.3 Å². The number of nitro benzene ring substituents is 1. The van der Waals surface area contributed by atoms with E-state index < -0.39 is 14.9 Å². The zero-order valence-electron chi connectivity index (χ0n) is 18.0. The second-order valence-electron chi connectivity index (χ2n) is 7.98. The van der Waals surface area contributed by atoms with Crippen molar-refractivity contribution in [3.8, 4) is 0 Å². The van der Waals surface area contributed by atoms with Crippen LogP contribution in [0.1, 0.15) is 17.2 Å². The molecule has 3 aromatic rings. The Morgan fingerprint density at radius 2 is 1.35 bits per heavy atom. The Kier molecular flexibility index (Phi) is 6.60. The number of hydrogen-bond donors (Lipinski definition) is 1. The SMILES string of the molecule is NS(=O)(=O)c1cc([N+](=O)[O-])ccc1N1CCN(C(c2ccc(F)cc2)c2ccc(F)cc2)CC1. The lowest BCUT2D eigenvalue weighted by atomic mass is 9.96. The topological polar surface area (TPSA) is 110 Å². The molecule has 0 aromatic heterocycles. The fourth-order valence-electron chi connectivity index (χ4n) is 4.23. The van der Waals surface area contributed by atoms with Gasteiger partial charge in [-0.2, -0.15) is 0 Å². The molecule has 2 N–H and O–H groups in total. The zero-order chi connectivity index (χ0) is 24.5. The average molecular weight is 489 g/mol. The van der Waals surface area contributed by atoms with Crippen LogP contribution in [0.15, 0.2) is 71.6 Å². The molecule has 11 heteroatoms. The summed E-state index contributed by atoms with van der Waals surface area (Å²) in [4.78, 5) is 14.1. The van der Waals surface area contributed by atoms with E-state index >= 15 is 0 Å². The molecule has 1 saturated heterocycles. The van der Waals surface area contributed by atoms with Crippen LogP contribution in [0.5, 0.6) is 0 Å². The molecule has 4 rings (SSSR count). The van der Waals surface area contributed by atoms with Crippen LogP contribution in [0.25, 0.3) is 0 Å². The number of nitro groups is 1. The minimum absolute atomic E-state index is 0.266. The van der Waals surface area contributed by atoms with Gasteiger partial charge in [-0.05, 0) is 41.5 Å². The molecule has 3 aromatic carbocycles. The molecule has 0 aliphatic carbocycles. The molecule has 1 aliphatic rings. The smallest absolute Gasteiger partial charge is 0.270 e. The summed E-state index contributed by atoms with van der Waals surface area (Å²) in [6.07, 6.45) is 0. The highest BCUT2D eigenvalue weighted by atomic mass is 32.2. The third-order valence-corrected chi connectivity index (χ3v) is 6.79. The van der Waals surface area contributed by atoms with Crippen molar-refractivity contribution < 1.29 is 22.1 Å². The van der Waals surface area contributed by atoms with Crippen molar-refractivity contribution in [1.82, 2.24) is 4.90 Å². The van der Waals surface area contributed by atoms with Gasteiger partial charge in [0.15, 0.2) is 0 Å². The van der Waals surface area contributed by atoms with Crippen molar-refractivity contribution in [2.75, 3.05) is 31.1 Å². The average Bonchev–Trinajstić information content (AvgIpc) is 2.81. The lowest BCUT2D eigenvalue weighted by molar-refractivity contribution is -0.385. The highest BCUT2D eigenvalue weighted by molar-refractivity contribution is 7.89. The molecule has 0 atom stereocenters. The molecule has 0 amide bonds. The Balaban J connectivity index is 1.62. The summed E-state index contributed by atoms with van der Waals surface area (Å²) in [6.45, 7) is 1.83. The number of sulfonamides is 1. The van der Waals surface area contributed by atoms with Crippen LogP contribution >= 0.6 is 0 Å². The largest absolute Gasteiger partial charge is 0.368 e. The van der Waals surface area contributed by atoms with E-state index in [9.17, 15) is 27.3 Å². The summed E-state index contributed by atoms with van der Waals surface area (Å²) in [6, 6.07) is 15.6. The Labute approximate surface area is 195 Å². The molecular weight excluding hydrogens is 466 g/mol. The highest BCUT2D eigenvalue weighted by Crippen LogP contribution is 2.33. The zero-order valence-corrected chi connectivity index (χ0v) is 18.8. The van der Waals surface area contributed by atoms with Crippen LogP contribution in [0, 0.1) is 21.7 Å². The molecular formula is C23H22F2N4O4S. The predicted octanol–water partition coefficient (Wildman–Crippen LogP) is 3.43. The van der Waals surface area contributed by atoms with Crippen molar-refractivity contribution in [1.29, 1.82) is 0 Å². The molecule has 8 nitrogen and oxygen atoms in total. The Morgan fingerprint density at radius 3 is 1.79 bits per heavy atom. The van der Waals surface area contributed by atoms with Crippen LogP contribution in [0.2, 0.25) is 0 Å². The van der Waals surface area contributed by atoms with Crippen LogP contribution in [-0.4, -0.2) is 44.4 Å². The van der Waals surface area contributed by atoms with E-state index in [1.807, 2.05) is 4.90 Å². The highest BCUT2D eigenvalue weighted by Gasteiger charge is 2.29. The third kappa shape index (κ3) is 5.06. The first kappa shape index (κ1) is 23.7. The maximum absolute atomic E-state index is 13.5. The number of non-ortho nitro benzene ring substituents is 1. The molecule has 1 fully saturated rings. The third-order valence-electron chi connectivity index (χ3n) is 5.85. The van der Waals surface area contributed by atoms with Gasteiger partial charge in [0.1, 0.15) is 16.5 Å². The number of primary sulfonamides is 1. The summed E-state index contributed by atoms with van der Waals surface area (Å²) in [5.41, 5.74) is 1.61. The Bertz CT molecular complexity index is 1250. The lowest BCUT2D eigenvalue weighted by Crippen LogP contribution is -2.48. The molecule has 34 heavy (non-hydrogen) atoms. The number of nitrogens with two attached hydrogens (primary N) is 1. The molecule has 0 saturated carbocycles. The van der Waals surface area contributed by atoms with Crippen LogP contribution < -0.4 is 10.0 Å². The monoisotopic (exact) mass is 488 g/mol. The first-order chi connectivity index (χ1) is 16.1. The number of hydrogen-bond acceptors (Lipinski definition) is 6. The van der Waals surface area contributed by atoms with E-state index in [4.69, 9.17) is 5.14 Å². The van der Waals surface area contributed by atoms with Gasteiger partial charge in [-0.15, -0.1) is 0 Å². The summed E-state index contributed by atoms with van der Waals surface area (Å²) in [7, 11) is -4.19. The molecule has 0 bridgehead atoms. The van der Waals surface area contributed by atoms with E-state index in [0.29, 0.717) is 31.9 Å². The summed E-state index contributed by atoms with van der Waals surface area (Å²) in [5.74, 6) is -0.722. The van der Waals surface area contributed by atoms with Crippen molar-refractivity contribution in [3.63, 3.8) is 0 Å². The second kappa shape index (κ2) is 9.45. The molecule has 1 heterocycles. The van der Waals surface area contributed by atoms with Crippen LogP contribution in [0.4, 0.5) is 20.2 Å². The van der Waals surface area contributed by atoms with Gasteiger partial charge in [-0.25, -0.2) is 22.3 Å².